The second-order valence-corrected chi connectivity index (χ2v) is 5.25. The molecule has 1 amide bonds. The van der Waals surface area contributed by atoms with Crippen molar-refractivity contribution >= 4 is 6.09 Å². The Bertz CT molecular complexity index is 427. The van der Waals surface area contributed by atoms with Crippen molar-refractivity contribution in [2.75, 3.05) is 13.1 Å². The van der Waals surface area contributed by atoms with Gasteiger partial charge in [-0.2, -0.15) is 0 Å². The molecule has 4 nitrogen and oxygen atoms in total. The largest absolute Gasteiger partial charge is 0.445 e. The molecule has 96 valence electrons. The molecular weight excluding hydrogens is 228 g/mol. The number of nitrogens with one attached hydrogen (secondary N) is 2. The van der Waals surface area contributed by atoms with Gasteiger partial charge in [-0.1, -0.05) is 30.3 Å². The maximum atomic E-state index is 11.7. The Kier molecular flexibility index (Phi) is 2.96. The average Bonchev–Trinajstić information content (AvgIpc) is 2.84. The van der Waals surface area contributed by atoms with Crippen LogP contribution in [0, 0.1) is 5.41 Å². The van der Waals surface area contributed by atoms with E-state index in [4.69, 9.17) is 4.74 Å². The van der Waals surface area contributed by atoms with Gasteiger partial charge in [-0.15, -0.1) is 0 Å². The zero-order valence-corrected chi connectivity index (χ0v) is 10.3. The monoisotopic (exact) mass is 246 g/mol. The smallest absolute Gasteiger partial charge is 0.407 e. The number of alkyl carbamates (subject to hydrolysis) is 1. The van der Waals surface area contributed by atoms with Crippen LogP contribution in [0.15, 0.2) is 30.3 Å². The van der Waals surface area contributed by atoms with E-state index in [9.17, 15) is 4.79 Å². The Morgan fingerprint density at radius 2 is 2.28 bits per heavy atom. The Balaban J connectivity index is 1.43. The van der Waals surface area contributed by atoms with E-state index in [0.29, 0.717) is 18.1 Å². The Hall–Kier alpha value is -1.55. The number of amides is 1. The summed E-state index contributed by atoms with van der Waals surface area (Å²) in [5.41, 5.74) is 1.34. The standard InChI is InChI=1S/C14H18N2O2/c17-13(18-9-11-4-2-1-3-5-11)16-12-8-14(12)6-7-15-10-14/h1-5,12,15H,6-10H2,(H,16,17)/t12-,14-/m1/s1. The van der Waals surface area contributed by atoms with Crippen LogP contribution in [0.1, 0.15) is 18.4 Å². The van der Waals surface area contributed by atoms with Crippen molar-refractivity contribution in [3.05, 3.63) is 35.9 Å². The molecule has 0 unspecified atom stereocenters. The molecule has 18 heavy (non-hydrogen) atoms. The van der Waals surface area contributed by atoms with Crippen molar-refractivity contribution < 1.29 is 9.53 Å². The van der Waals surface area contributed by atoms with Gasteiger partial charge in [0, 0.05) is 18.0 Å². The van der Waals surface area contributed by atoms with Crippen LogP contribution in [-0.4, -0.2) is 25.2 Å². The molecule has 1 aliphatic heterocycles. The molecule has 0 bridgehead atoms. The fourth-order valence-electron chi connectivity index (χ4n) is 2.69. The predicted molar refractivity (Wildman–Crippen MR) is 68.1 cm³/mol. The van der Waals surface area contributed by atoms with Crippen molar-refractivity contribution in [1.82, 2.24) is 10.6 Å². The first-order valence-electron chi connectivity index (χ1n) is 6.46. The first-order valence-corrected chi connectivity index (χ1v) is 6.46. The molecule has 1 saturated carbocycles. The molecule has 1 aromatic rings. The maximum Gasteiger partial charge on any atom is 0.407 e. The summed E-state index contributed by atoms with van der Waals surface area (Å²) < 4.78 is 5.21. The normalized spacial score (nSPS) is 29.2. The van der Waals surface area contributed by atoms with Crippen LogP contribution in [0.25, 0.3) is 0 Å². The number of carbonyl (C=O) groups is 1. The second kappa shape index (κ2) is 4.61. The zero-order valence-electron chi connectivity index (χ0n) is 10.3. The molecule has 4 heteroatoms. The maximum absolute atomic E-state index is 11.7. The number of carbonyl (C=O) groups excluding carboxylic acids is 1. The van der Waals surface area contributed by atoms with Gasteiger partial charge in [-0.25, -0.2) is 4.79 Å². The lowest BCUT2D eigenvalue weighted by molar-refractivity contribution is 0.137. The van der Waals surface area contributed by atoms with Crippen molar-refractivity contribution in [3.8, 4) is 0 Å². The van der Waals surface area contributed by atoms with Gasteiger partial charge in [0.05, 0.1) is 0 Å². The Morgan fingerprint density at radius 3 is 3.00 bits per heavy atom. The van der Waals surface area contributed by atoms with Crippen LogP contribution < -0.4 is 10.6 Å². The van der Waals surface area contributed by atoms with Crippen LogP contribution in [-0.2, 0) is 11.3 Å². The molecule has 2 atom stereocenters. The average molecular weight is 246 g/mol. The summed E-state index contributed by atoms with van der Waals surface area (Å²) in [4.78, 5) is 11.7. The molecule has 1 spiro atoms. The van der Waals surface area contributed by atoms with E-state index >= 15 is 0 Å². The Morgan fingerprint density at radius 1 is 1.44 bits per heavy atom. The molecule has 1 heterocycles. The van der Waals surface area contributed by atoms with E-state index in [0.717, 1.165) is 31.5 Å². The second-order valence-electron chi connectivity index (χ2n) is 5.25. The van der Waals surface area contributed by atoms with Crippen LogP contribution >= 0.6 is 0 Å². The molecule has 2 fully saturated rings. The number of rotatable bonds is 3. The van der Waals surface area contributed by atoms with E-state index < -0.39 is 0 Å². The Labute approximate surface area is 107 Å². The van der Waals surface area contributed by atoms with E-state index in [2.05, 4.69) is 10.6 Å². The van der Waals surface area contributed by atoms with Crippen molar-refractivity contribution in [1.29, 1.82) is 0 Å². The molecule has 1 aliphatic carbocycles. The predicted octanol–water partition coefficient (Wildman–Crippen LogP) is 1.66. The van der Waals surface area contributed by atoms with E-state index in [-0.39, 0.29) is 6.09 Å². The van der Waals surface area contributed by atoms with E-state index in [1.165, 1.54) is 0 Å². The van der Waals surface area contributed by atoms with Crippen molar-refractivity contribution in [3.63, 3.8) is 0 Å². The summed E-state index contributed by atoms with van der Waals surface area (Å²) in [5.74, 6) is 0. The third-order valence-electron chi connectivity index (χ3n) is 3.97. The lowest BCUT2D eigenvalue weighted by Crippen LogP contribution is -2.31. The lowest BCUT2D eigenvalue weighted by atomic mass is 10.1. The SMILES string of the molecule is O=C(N[C@@H]1C[C@@]12CCNC2)OCc1ccccc1. The summed E-state index contributed by atoms with van der Waals surface area (Å²) >= 11 is 0. The van der Waals surface area contributed by atoms with Gasteiger partial charge in [-0.3, -0.25) is 0 Å². The molecule has 0 aromatic heterocycles. The number of benzene rings is 1. The summed E-state index contributed by atoms with van der Waals surface area (Å²) in [6.07, 6.45) is 1.95. The fraction of sp³-hybridized carbons (Fsp3) is 0.500. The summed E-state index contributed by atoms with van der Waals surface area (Å²) in [6.45, 7) is 2.43. The van der Waals surface area contributed by atoms with Crippen molar-refractivity contribution in [2.24, 2.45) is 5.41 Å². The van der Waals surface area contributed by atoms with Gasteiger partial charge in [-0.05, 0) is 24.9 Å². The third kappa shape index (κ3) is 2.34. The molecule has 3 rings (SSSR count). The van der Waals surface area contributed by atoms with Gasteiger partial charge in [0.1, 0.15) is 6.61 Å². The fourth-order valence-corrected chi connectivity index (χ4v) is 2.69. The molecule has 2 N–H and O–H groups in total. The quantitative estimate of drug-likeness (QED) is 0.853. The summed E-state index contributed by atoms with van der Waals surface area (Å²) in [6, 6.07) is 10.0. The van der Waals surface area contributed by atoms with Gasteiger partial charge >= 0.3 is 6.09 Å². The molecule has 0 radical (unpaired) electrons. The van der Waals surface area contributed by atoms with Crippen LogP contribution in [0.2, 0.25) is 0 Å². The first kappa shape index (κ1) is 11.5. The minimum absolute atomic E-state index is 0.298. The highest BCUT2D eigenvalue weighted by atomic mass is 16.5. The summed E-state index contributed by atoms with van der Waals surface area (Å²) in [5, 5.41) is 6.30. The van der Waals surface area contributed by atoms with Crippen LogP contribution in [0.5, 0.6) is 0 Å². The summed E-state index contributed by atoms with van der Waals surface area (Å²) in [7, 11) is 0. The zero-order chi connectivity index (χ0) is 12.4. The van der Waals surface area contributed by atoms with E-state index in [1.54, 1.807) is 0 Å². The molecule has 1 aromatic carbocycles. The molecule has 2 aliphatic rings. The van der Waals surface area contributed by atoms with Crippen LogP contribution in [0.4, 0.5) is 4.79 Å². The minimum Gasteiger partial charge on any atom is -0.445 e. The topological polar surface area (TPSA) is 50.4 Å². The third-order valence-corrected chi connectivity index (χ3v) is 3.97. The number of ether oxygens (including phenoxy) is 1. The highest BCUT2D eigenvalue weighted by Crippen LogP contribution is 2.50. The number of hydrogen-bond acceptors (Lipinski definition) is 3. The van der Waals surface area contributed by atoms with Gasteiger partial charge in [0.15, 0.2) is 0 Å². The van der Waals surface area contributed by atoms with Crippen LogP contribution in [0.3, 0.4) is 0 Å². The minimum atomic E-state index is -0.298. The van der Waals surface area contributed by atoms with E-state index in [1.807, 2.05) is 30.3 Å². The highest BCUT2D eigenvalue weighted by Gasteiger charge is 2.56. The van der Waals surface area contributed by atoms with Gasteiger partial charge in [0.2, 0.25) is 0 Å². The lowest BCUT2D eigenvalue weighted by Gasteiger charge is -2.10. The number of hydrogen-bond donors (Lipinski definition) is 2. The highest BCUT2D eigenvalue weighted by molar-refractivity contribution is 5.68. The first-order chi connectivity index (χ1) is 8.78. The van der Waals surface area contributed by atoms with Gasteiger partial charge < -0.3 is 15.4 Å². The van der Waals surface area contributed by atoms with Crippen molar-refractivity contribution in [2.45, 2.75) is 25.5 Å². The van der Waals surface area contributed by atoms with Gasteiger partial charge in [0.25, 0.3) is 0 Å². The molecular formula is C14H18N2O2. The molecule has 1 saturated heterocycles.